The first-order valence-electron chi connectivity index (χ1n) is 8.74. The molecule has 0 atom stereocenters. The third-order valence-corrected chi connectivity index (χ3v) is 5.57. The number of carbonyl (C=O) groups is 1. The molecule has 1 aromatic heterocycles. The summed E-state index contributed by atoms with van der Waals surface area (Å²) >= 11 is 1.43. The molecule has 0 unspecified atom stereocenters. The van der Waals surface area contributed by atoms with Gasteiger partial charge in [0.15, 0.2) is 5.70 Å². The first kappa shape index (κ1) is 18.8. The Morgan fingerprint density at radius 3 is 2.63 bits per heavy atom. The number of aliphatic hydroxyl groups is 1. The van der Waals surface area contributed by atoms with E-state index in [1.54, 1.807) is 12.1 Å². The smallest absolute Gasteiger partial charge is 0.280 e. The highest BCUT2D eigenvalue weighted by atomic mass is 32.1. The second-order valence-corrected chi connectivity index (χ2v) is 7.56. The van der Waals surface area contributed by atoms with Crippen LogP contribution in [-0.4, -0.2) is 11.0 Å². The van der Waals surface area contributed by atoms with Crippen molar-refractivity contribution in [3.05, 3.63) is 57.3 Å². The molecule has 3 rings (SSSR count). The van der Waals surface area contributed by atoms with E-state index >= 15 is 0 Å². The van der Waals surface area contributed by atoms with E-state index in [1.807, 2.05) is 19.1 Å². The molecule has 138 valence electrons. The monoisotopic (exact) mass is 380 g/mol. The highest BCUT2D eigenvalue weighted by Crippen LogP contribution is 2.37. The number of hydrogen-bond donors (Lipinski definition) is 2. The van der Waals surface area contributed by atoms with Crippen LogP contribution < -0.4 is 5.32 Å². The zero-order valence-electron chi connectivity index (χ0n) is 15.2. The number of fused-ring (bicyclic) bond motifs is 1. The molecule has 2 aromatic rings. The summed E-state index contributed by atoms with van der Waals surface area (Å²) in [5.41, 5.74) is 3.05. The van der Waals surface area contributed by atoms with Crippen LogP contribution in [0.4, 0.5) is 10.7 Å². The van der Waals surface area contributed by atoms with Gasteiger partial charge in [0.25, 0.3) is 5.91 Å². The molecule has 1 aliphatic rings. The predicted molar refractivity (Wildman–Crippen MR) is 105 cm³/mol. The van der Waals surface area contributed by atoms with Crippen molar-refractivity contribution in [3.8, 4) is 6.07 Å². The fourth-order valence-corrected chi connectivity index (χ4v) is 4.17. The average Bonchev–Trinajstić information content (AvgIpc) is 3.00. The molecule has 1 aromatic carbocycles. The molecule has 1 heterocycles. The van der Waals surface area contributed by atoms with Crippen LogP contribution in [0.5, 0.6) is 0 Å². The van der Waals surface area contributed by atoms with Crippen LogP contribution in [0.3, 0.4) is 0 Å². The number of nitrogens with one attached hydrogen (secondary N) is 1. The van der Waals surface area contributed by atoms with Crippen LogP contribution in [0.1, 0.15) is 41.3 Å². The summed E-state index contributed by atoms with van der Waals surface area (Å²) in [6, 6.07) is 9.54. The predicted octanol–water partition coefficient (Wildman–Crippen LogP) is 5.32. The molecule has 0 saturated heterocycles. The number of hydrogen-bond acceptors (Lipinski definition) is 6. The highest BCUT2D eigenvalue weighted by molar-refractivity contribution is 7.16. The van der Waals surface area contributed by atoms with Crippen molar-refractivity contribution in [2.45, 2.75) is 39.5 Å². The molecular weight excluding hydrogens is 360 g/mol. The summed E-state index contributed by atoms with van der Waals surface area (Å²) < 4.78 is 0. The Hall–Kier alpha value is -2.98. The minimum absolute atomic E-state index is 0.175. The molecule has 1 aliphatic carbocycles. The van der Waals surface area contributed by atoms with Crippen LogP contribution in [0.2, 0.25) is 0 Å². The highest BCUT2D eigenvalue weighted by Gasteiger charge is 2.23. The number of amides is 1. The summed E-state index contributed by atoms with van der Waals surface area (Å²) in [7, 11) is 0. The maximum atomic E-state index is 12.6. The molecular formula is C20H20N4O2S. The maximum absolute atomic E-state index is 12.6. The number of azo groups is 1. The van der Waals surface area contributed by atoms with Crippen LogP contribution in [0.25, 0.3) is 0 Å². The molecule has 1 amide bonds. The maximum Gasteiger partial charge on any atom is 0.280 e. The topological polar surface area (TPSA) is 97.8 Å². The van der Waals surface area contributed by atoms with E-state index in [9.17, 15) is 15.2 Å². The van der Waals surface area contributed by atoms with Gasteiger partial charge >= 0.3 is 0 Å². The standard InChI is InChI=1S/C20H20N4O2S/c1-12-7-9-14(10-8-12)23-24-18(13(2)25)19(26)22-20-16(11-21)15-5-3-4-6-17(15)27-20/h7-10,25H,3-6H2,1-2H3,(H,22,26)/b18-13+,24-23?. The lowest BCUT2D eigenvalue weighted by Crippen LogP contribution is -2.14. The van der Waals surface area contributed by atoms with Gasteiger partial charge in [0.05, 0.1) is 11.3 Å². The van der Waals surface area contributed by atoms with E-state index in [4.69, 9.17) is 0 Å². The number of nitriles is 1. The molecule has 2 N–H and O–H groups in total. The van der Waals surface area contributed by atoms with Gasteiger partial charge in [-0.15, -0.1) is 16.5 Å². The number of nitrogens with zero attached hydrogens (tertiary/aromatic N) is 3. The summed E-state index contributed by atoms with van der Waals surface area (Å²) in [4.78, 5) is 13.8. The van der Waals surface area contributed by atoms with Gasteiger partial charge in [-0.3, -0.25) is 4.79 Å². The molecule has 0 aliphatic heterocycles. The number of benzene rings is 1. The van der Waals surface area contributed by atoms with Crippen LogP contribution >= 0.6 is 11.3 Å². The SMILES string of the molecule is C/C(O)=C(\N=Nc1ccc(C)cc1)C(=O)Nc1sc2c(c1C#N)CCCC2. The minimum Gasteiger partial charge on any atom is -0.510 e. The fourth-order valence-electron chi connectivity index (χ4n) is 2.94. The van der Waals surface area contributed by atoms with Gasteiger partial charge < -0.3 is 10.4 Å². The van der Waals surface area contributed by atoms with Crippen molar-refractivity contribution in [3.63, 3.8) is 0 Å². The quantitative estimate of drug-likeness (QED) is 0.427. The van der Waals surface area contributed by atoms with Gasteiger partial charge in [0, 0.05) is 4.88 Å². The fraction of sp³-hybridized carbons (Fsp3) is 0.300. The minimum atomic E-state index is -0.582. The summed E-state index contributed by atoms with van der Waals surface area (Å²) in [6.45, 7) is 3.35. The lowest BCUT2D eigenvalue weighted by Gasteiger charge is -2.09. The lowest BCUT2D eigenvalue weighted by atomic mass is 9.96. The molecule has 0 fully saturated rings. The molecule has 7 heteroatoms. The van der Waals surface area contributed by atoms with E-state index in [0.29, 0.717) is 16.3 Å². The van der Waals surface area contributed by atoms with Crippen molar-refractivity contribution in [2.75, 3.05) is 5.32 Å². The lowest BCUT2D eigenvalue weighted by molar-refractivity contribution is -0.113. The van der Waals surface area contributed by atoms with Gasteiger partial charge in [-0.05, 0) is 57.2 Å². The van der Waals surface area contributed by atoms with Crippen molar-refractivity contribution in [1.82, 2.24) is 0 Å². The Kier molecular flexibility index (Phi) is 5.67. The average molecular weight is 380 g/mol. The Bertz CT molecular complexity index is 961. The van der Waals surface area contributed by atoms with Crippen molar-refractivity contribution >= 4 is 27.9 Å². The zero-order chi connectivity index (χ0) is 19.4. The second-order valence-electron chi connectivity index (χ2n) is 6.45. The van der Waals surface area contributed by atoms with E-state index in [0.717, 1.165) is 41.7 Å². The summed E-state index contributed by atoms with van der Waals surface area (Å²) in [5, 5.41) is 30.6. The van der Waals surface area contributed by atoms with Gasteiger partial charge in [-0.2, -0.15) is 10.4 Å². The number of carbonyl (C=O) groups excluding carboxylic acids is 1. The Labute approximate surface area is 161 Å². The van der Waals surface area contributed by atoms with E-state index in [1.165, 1.54) is 18.3 Å². The van der Waals surface area contributed by atoms with E-state index < -0.39 is 5.91 Å². The number of rotatable bonds is 4. The molecule has 6 nitrogen and oxygen atoms in total. The first-order valence-corrected chi connectivity index (χ1v) is 9.55. The number of aliphatic hydroxyl groups excluding tert-OH is 1. The summed E-state index contributed by atoms with van der Waals surface area (Å²) in [6.07, 6.45) is 3.94. The van der Waals surface area contributed by atoms with Gasteiger partial charge in [0.1, 0.15) is 16.8 Å². The molecule has 0 radical (unpaired) electrons. The second kappa shape index (κ2) is 8.14. The van der Waals surface area contributed by atoms with Crippen molar-refractivity contribution < 1.29 is 9.90 Å². The number of anilines is 1. The first-order chi connectivity index (χ1) is 13.0. The van der Waals surface area contributed by atoms with E-state index in [-0.39, 0.29) is 11.5 Å². The Morgan fingerprint density at radius 1 is 1.26 bits per heavy atom. The number of allylic oxidation sites excluding steroid dienone is 1. The van der Waals surface area contributed by atoms with Gasteiger partial charge in [-0.25, -0.2) is 0 Å². The largest absolute Gasteiger partial charge is 0.510 e. The third kappa shape index (κ3) is 4.23. The van der Waals surface area contributed by atoms with Crippen molar-refractivity contribution in [1.29, 1.82) is 5.26 Å². The Balaban J connectivity index is 1.83. The summed E-state index contributed by atoms with van der Waals surface area (Å²) in [5.74, 6) is -0.816. The van der Waals surface area contributed by atoms with Crippen LogP contribution in [0, 0.1) is 18.3 Å². The molecule has 0 spiro atoms. The van der Waals surface area contributed by atoms with E-state index in [2.05, 4.69) is 21.6 Å². The molecule has 0 bridgehead atoms. The van der Waals surface area contributed by atoms with Gasteiger partial charge in [-0.1, -0.05) is 17.7 Å². The van der Waals surface area contributed by atoms with Gasteiger partial charge in [0.2, 0.25) is 0 Å². The molecule has 0 saturated carbocycles. The number of thiophene rings is 1. The number of aryl methyl sites for hydroxylation is 2. The Morgan fingerprint density at radius 2 is 1.96 bits per heavy atom. The van der Waals surface area contributed by atoms with Crippen LogP contribution in [0.15, 0.2) is 46.0 Å². The van der Waals surface area contributed by atoms with Crippen molar-refractivity contribution in [2.24, 2.45) is 10.2 Å². The van der Waals surface area contributed by atoms with Crippen LogP contribution in [-0.2, 0) is 17.6 Å². The molecule has 27 heavy (non-hydrogen) atoms. The normalized spacial score (nSPS) is 14.4. The zero-order valence-corrected chi connectivity index (χ0v) is 16.1. The third-order valence-electron chi connectivity index (χ3n) is 4.37.